The van der Waals surface area contributed by atoms with Gasteiger partial charge in [0.15, 0.2) is 0 Å². The predicted molar refractivity (Wildman–Crippen MR) is 112 cm³/mol. The lowest BCUT2D eigenvalue weighted by atomic mass is 10.3. The van der Waals surface area contributed by atoms with E-state index in [0.717, 1.165) is 47.7 Å². The number of amides is 1. The Kier molecular flexibility index (Phi) is 9.84. The summed E-state index contributed by atoms with van der Waals surface area (Å²) in [4.78, 5) is 24.6. The molecular formula is C16H22ClN3O3S3. The number of thioether (sulfide) groups is 2. The predicted octanol–water partition coefficient (Wildman–Crippen LogP) is 4.12. The van der Waals surface area contributed by atoms with Gasteiger partial charge in [-0.15, -0.1) is 11.8 Å². The molecule has 0 bridgehead atoms. The SMILES string of the molecule is CSCCOC(=O)CSc1cc(NSC(=O)N2CCCCN2)ccc1Cl. The third-order valence-corrected chi connectivity index (χ3v) is 6.19. The summed E-state index contributed by atoms with van der Waals surface area (Å²) in [5.74, 6) is 0.717. The molecule has 0 radical (unpaired) electrons. The minimum atomic E-state index is -0.265. The first-order valence-corrected chi connectivity index (χ1v) is 11.7. The Bertz CT molecular complexity index is 616. The number of carbonyl (C=O) groups is 2. The lowest BCUT2D eigenvalue weighted by Gasteiger charge is -2.26. The van der Waals surface area contributed by atoms with Crippen LogP contribution in [0.3, 0.4) is 0 Å². The van der Waals surface area contributed by atoms with Crippen LogP contribution in [0, 0.1) is 0 Å². The van der Waals surface area contributed by atoms with Gasteiger partial charge in [-0.05, 0) is 37.3 Å². The third-order valence-electron chi connectivity index (χ3n) is 3.41. The van der Waals surface area contributed by atoms with Crippen molar-refractivity contribution in [2.75, 3.05) is 42.2 Å². The standard InChI is InChI=1S/C16H22ClN3O3S3/c1-24-9-8-23-15(21)11-25-14-10-12(4-5-13(14)17)19-26-16(22)20-7-3-2-6-18-20/h4-5,10,18-19H,2-3,6-9,11H2,1H3. The van der Waals surface area contributed by atoms with Crippen molar-refractivity contribution in [3.63, 3.8) is 0 Å². The molecule has 10 heteroatoms. The maximum Gasteiger partial charge on any atom is 0.316 e. The van der Waals surface area contributed by atoms with Crippen LogP contribution in [-0.4, -0.2) is 53.7 Å². The number of anilines is 1. The van der Waals surface area contributed by atoms with Crippen molar-refractivity contribution in [1.82, 2.24) is 10.4 Å². The van der Waals surface area contributed by atoms with Gasteiger partial charge in [-0.1, -0.05) is 11.6 Å². The number of hydrogen-bond donors (Lipinski definition) is 2. The minimum Gasteiger partial charge on any atom is -0.464 e. The summed E-state index contributed by atoms with van der Waals surface area (Å²) in [7, 11) is 0. The highest BCUT2D eigenvalue weighted by atomic mass is 35.5. The van der Waals surface area contributed by atoms with Gasteiger partial charge in [-0.3, -0.25) is 14.6 Å². The fraction of sp³-hybridized carbons (Fsp3) is 0.500. The number of hydrazine groups is 1. The van der Waals surface area contributed by atoms with Crippen LogP contribution in [0.4, 0.5) is 10.5 Å². The van der Waals surface area contributed by atoms with E-state index in [0.29, 0.717) is 18.2 Å². The van der Waals surface area contributed by atoms with Crippen LogP contribution in [0.15, 0.2) is 23.1 Å². The van der Waals surface area contributed by atoms with Gasteiger partial charge in [0, 0.05) is 41.4 Å². The second-order valence-electron chi connectivity index (χ2n) is 5.38. The fourth-order valence-electron chi connectivity index (χ4n) is 2.10. The van der Waals surface area contributed by atoms with E-state index in [4.69, 9.17) is 16.3 Å². The van der Waals surface area contributed by atoms with E-state index in [2.05, 4.69) is 10.1 Å². The molecule has 1 heterocycles. The lowest BCUT2D eigenvalue weighted by Crippen LogP contribution is -2.45. The Morgan fingerprint density at radius 3 is 2.96 bits per heavy atom. The first-order valence-electron chi connectivity index (χ1n) is 8.15. The number of nitrogens with zero attached hydrogens (tertiary/aromatic N) is 1. The van der Waals surface area contributed by atoms with E-state index in [-0.39, 0.29) is 17.0 Å². The summed E-state index contributed by atoms with van der Waals surface area (Å²) in [6.45, 7) is 1.95. The average Bonchev–Trinajstić information content (AvgIpc) is 2.67. The highest BCUT2D eigenvalue weighted by Crippen LogP contribution is 2.31. The van der Waals surface area contributed by atoms with E-state index in [1.54, 1.807) is 28.9 Å². The van der Waals surface area contributed by atoms with Crippen LogP contribution >= 0.6 is 47.1 Å². The van der Waals surface area contributed by atoms with E-state index in [1.807, 2.05) is 12.3 Å². The number of hydrogen-bond acceptors (Lipinski definition) is 8. The summed E-state index contributed by atoms with van der Waals surface area (Å²) in [5.41, 5.74) is 3.83. The van der Waals surface area contributed by atoms with Gasteiger partial charge < -0.3 is 9.46 Å². The molecule has 1 aromatic rings. The molecule has 26 heavy (non-hydrogen) atoms. The number of halogens is 1. The normalized spacial score (nSPS) is 14.2. The molecule has 0 saturated carbocycles. The molecule has 0 spiro atoms. The van der Waals surface area contributed by atoms with Crippen LogP contribution in [0.5, 0.6) is 0 Å². The third kappa shape index (κ3) is 7.48. The topological polar surface area (TPSA) is 70.7 Å². The molecule has 6 nitrogen and oxygen atoms in total. The zero-order valence-electron chi connectivity index (χ0n) is 14.5. The molecule has 2 rings (SSSR count). The Morgan fingerprint density at radius 2 is 2.23 bits per heavy atom. The highest BCUT2D eigenvalue weighted by molar-refractivity contribution is 8.14. The Labute approximate surface area is 171 Å². The van der Waals surface area contributed by atoms with Gasteiger partial charge in [0.25, 0.3) is 0 Å². The second-order valence-corrected chi connectivity index (χ2v) is 8.55. The summed E-state index contributed by atoms with van der Waals surface area (Å²) < 4.78 is 8.15. The quantitative estimate of drug-likeness (QED) is 0.273. The Hall–Kier alpha value is -0.740. The van der Waals surface area contributed by atoms with Crippen molar-refractivity contribution in [1.29, 1.82) is 0 Å². The molecule has 1 fully saturated rings. The average molecular weight is 436 g/mol. The van der Waals surface area contributed by atoms with Crippen LogP contribution in [-0.2, 0) is 9.53 Å². The van der Waals surface area contributed by atoms with Crippen molar-refractivity contribution < 1.29 is 14.3 Å². The molecule has 1 aliphatic rings. The molecule has 1 aliphatic heterocycles. The molecule has 0 unspecified atom stereocenters. The highest BCUT2D eigenvalue weighted by Gasteiger charge is 2.17. The molecule has 144 valence electrons. The number of benzene rings is 1. The number of nitrogens with one attached hydrogen (secondary N) is 2. The van der Waals surface area contributed by atoms with Crippen LogP contribution < -0.4 is 10.1 Å². The molecule has 1 saturated heterocycles. The molecule has 0 atom stereocenters. The number of ether oxygens (including phenoxy) is 1. The van der Waals surface area contributed by atoms with Gasteiger partial charge >= 0.3 is 11.2 Å². The first kappa shape index (κ1) is 21.6. The van der Waals surface area contributed by atoms with Gasteiger partial charge in [0.2, 0.25) is 0 Å². The van der Waals surface area contributed by atoms with Gasteiger partial charge in [0.05, 0.1) is 10.8 Å². The summed E-state index contributed by atoms with van der Waals surface area (Å²) in [6.07, 6.45) is 4.05. The zero-order chi connectivity index (χ0) is 18.8. The number of esters is 1. The van der Waals surface area contributed by atoms with Crippen molar-refractivity contribution >= 4 is 64.0 Å². The van der Waals surface area contributed by atoms with Gasteiger partial charge in [0.1, 0.15) is 6.61 Å². The second kappa shape index (κ2) is 11.9. The van der Waals surface area contributed by atoms with Crippen LogP contribution in [0.25, 0.3) is 0 Å². The largest absolute Gasteiger partial charge is 0.464 e. The first-order chi connectivity index (χ1) is 12.6. The molecular weight excluding hydrogens is 414 g/mol. The fourth-order valence-corrected chi connectivity index (χ4v) is 4.00. The molecule has 0 aliphatic carbocycles. The van der Waals surface area contributed by atoms with Crippen molar-refractivity contribution in [2.24, 2.45) is 0 Å². The van der Waals surface area contributed by atoms with Crippen LogP contribution in [0.1, 0.15) is 12.8 Å². The molecule has 1 aromatic carbocycles. The summed E-state index contributed by atoms with van der Waals surface area (Å²) in [5, 5.41) is 2.11. The molecule has 1 amide bonds. The van der Waals surface area contributed by atoms with Gasteiger partial charge in [-0.2, -0.15) is 11.8 Å². The van der Waals surface area contributed by atoms with Gasteiger partial charge in [-0.25, -0.2) is 5.43 Å². The summed E-state index contributed by atoms with van der Waals surface area (Å²) in [6, 6.07) is 5.37. The minimum absolute atomic E-state index is 0.0776. The monoisotopic (exact) mass is 435 g/mol. The maximum absolute atomic E-state index is 12.1. The zero-order valence-corrected chi connectivity index (χ0v) is 17.7. The summed E-state index contributed by atoms with van der Waals surface area (Å²) >= 11 is 10.2. The van der Waals surface area contributed by atoms with E-state index >= 15 is 0 Å². The van der Waals surface area contributed by atoms with Crippen molar-refractivity contribution in [2.45, 2.75) is 17.7 Å². The lowest BCUT2D eigenvalue weighted by molar-refractivity contribution is -0.139. The van der Waals surface area contributed by atoms with Crippen LogP contribution in [0.2, 0.25) is 5.02 Å². The van der Waals surface area contributed by atoms with E-state index in [9.17, 15) is 9.59 Å². The maximum atomic E-state index is 12.1. The van der Waals surface area contributed by atoms with Crippen molar-refractivity contribution in [3.8, 4) is 0 Å². The number of carbonyl (C=O) groups excluding carboxylic acids is 2. The van der Waals surface area contributed by atoms with E-state index in [1.165, 1.54) is 11.8 Å². The molecule has 0 aromatic heterocycles. The van der Waals surface area contributed by atoms with E-state index < -0.39 is 0 Å². The van der Waals surface area contributed by atoms with Crippen molar-refractivity contribution in [3.05, 3.63) is 23.2 Å². The smallest absolute Gasteiger partial charge is 0.316 e. The number of rotatable bonds is 8. The Balaban J connectivity index is 1.82. The Morgan fingerprint density at radius 1 is 1.38 bits per heavy atom. The molecule has 2 N–H and O–H groups in total.